The van der Waals surface area contributed by atoms with Gasteiger partial charge in [-0.05, 0) is 55.9 Å². The molecule has 1 N–H and O–H groups in total. The average Bonchev–Trinajstić information content (AvgIpc) is 3.21. The van der Waals surface area contributed by atoms with E-state index in [-0.39, 0.29) is 12.5 Å². The highest BCUT2D eigenvalue weighted by molar-refractivity contribution is 9.10. The molecule has 174 valence electrons. The van der Waals surface area contributed by atoms with Crippen molar-refractivity contribution in [2.75, 3.05) is 6.61 Å². The number of hydrogen-bond acceptors (Lipinski definition) is 5. The standard InChI is InChI=1S/C28H21BrN2O3S/c29-20-13-19(16-32)27(30-15-20)35-26-12-6-1-7-18(26)14-31-28(33)34-17-25-23-10-4-2-8-21(23)22-9-3-5-11-24(22)25/h1-13,15-16,25H,14,17H2,(H,31,33). The number of amides is 1. The van der Waals surface area contributed by atoms with Gasteiger partial charge in [-0.2, -0.15) is 0 Å². The fraction of sp³-hybridized carbons (Fsp3) is 0.107. The first kappa shape index (κ1) is 23.3. The molecule has 7 heteroatoms. The molecule has 1 aliphatic rings. The third-order valence-electron chi connectivity index (χ3n) is 5.92. The predicted octanol–water partition coefficient (Wildman–Crippen LogP) is 6.85. The van der Waals surface area contributed by atoms with E-state index < -0.39 is 6.09 Å². The first-order valence-corrected chi connectivity index (χ1v) is 12.7. The van der Waals surface area contributed by atoms with Gasteiger partial charge in [-0.25, -0.2) is 9.78 Å². The monoisotopic (exact) mass is 544 g/mol. The topological polar surface area (TPSA) is 68.3 Å². The number of fused-ring (bicyclic) bond motifs is 3. The number of aldehydes is 1. The lowest BCUT2D eigenvalue weighted by atomic mass is 9.98. The third kappa shape index (κ3) is 5.01. The number of benzene rings is 3. The lowest BCUT2D eigenvalue weighted by Crippen LogP contribution is -2.25. The highest BCUT2D eigenvalue weighted by atomic mass is 79.9. The fourth-order valence-corrected chi connectivity index (χ4v) is 5.59. The van der Waals surface area contributed by atoms with Crippen molar-refractivity contribution in [3.63, 3.8) is 0 Å². The number of ether oxygens (including phenoxy) is 1. The number of nitrogens with zero attached hydrogens (tertiary/aromatic N) is 1. The number of rotatable bonds is 7. The molecule has 1 aliphatic carbocycles. The lowest BCUT2D eigenvalue weighted by molar-refractivity contribution is 0.112. The summed E-state index contributed by atoms with van der Waals surface area (Å²) in [6.07, 6.45) is 1.98. The predicted molar refractivity (Wildman–Crippen MR) is 140 cm³/mol. The van der Waals surface area contributed by atoms with Crippen molar-refractivity contribution in [3.8, 4) is 11.1 Å². The highest BCUT2D eigenvalue weighted by Gasteiger charge is 2.29. The maximum absolute atomic E-state index is 12.6. The van der Waals surface area contributed by atoms with Crippen LogP contribution in [0.3, 0.4) is 0 Å². The van der Waals surface area contributed by atoms with Gasteiger partial charge < -0.3 is 10.1 Å². The molecule has 0 unspecified atom stereocenters. The van der Waals surface area contributed by atoms with Crippen molar-refractivity contribution in [3.05, 3.63) is 112 Å². The SMILES string of the molecule is O=Cc1cc(Br)cnc1Sc1ccccc1CNC(=O)OCC1c2ccccc2-c2ccccc21. The summed E-state index contributed by atoms with van der Waals surface area (Å²) in [6, 6.07) is 25.9. The molecular weight excluding hydrogens is 524 g/mol. The minimum atomic E-state index is -0.470. The molecule has 0 bridgehead atoms. The van der Waals surface area contributed by atoms with E-state index in [0.717, 1.165) is 21.2 Å². The van der Waals surface area contributed by atoms with Crippen molar-refractivity contribution in [1.29, 1.82) is 0 Å². The Bertz CT molecular complexity index is 1360. The number of alkyl carbamates (subject to hydrolysis) is 1. The van der Waals surface area contributed by atoms with Gasteiger partial charge in [-0.1, -0.05) is 78.5 Å². The minimum absolute atomic E-state index is 0.0150. The minimum Gasteiger partial charge on any atom is -0.449 e. The molecule has 0 atom stereocenters. The summed E-state index contributed by atoms with van der Waals surface area (Å²) in [5.41, 5.74) is 6.15. The van der Waals surface area contributed by atoms with Gasteiger partial charge in [0.2, 0.25) is 0 Å². The Labute approximate surface area is 216 Å². The van der Waals surface area contributed by atoms with Crippen LogP contribution in [0.4, 0.5) is 4.79 Å². The van der Waals surface area contributed by atoms with Crippen molar-refractivity contribution >= 4 is 40.1 Å². The van der Waals surface area contributed by atoms with E-state index in [1.165, 1.54) is 34.0 Å². The second-order valence-electron chi connectivity index (χ2n) is 8.05. The number of carbonyl (C=O) groups is 2. The largest absolute Gasteiger partial charge is 0.449 e. The Morgan fingerprint density at radius 1 is 1.00 bits per heavy atom. The third-order valence-corrected chi connectivity index (χ3v) is 7.50. The molecule has 35 heavy (non-hydrogen) atoms. The van der Waals surface area contributed by atoms with Gasteiger partial charge in [0.15, 0.2) is 6.29 Å². The summed E-state index contributed by atoms with van der Waals surface area (Å²) in [5.74, 6) is 0.0150. The molecule has 0 radical (unpaired) electrons. The van der Waals surface area contributed by atoms with Gasteiger partial charge in [0, 0.05) is 33.6 Å². The summed E-state index contributed by atoms with van der Waals surface area (Å²) >= 11 is 4.73. The number of carbonyl (C=O) groups excluding carboxylic acids is 2. The van der Waals surface area contributed by atoms with Gasteiger partial charge in [0.25, 0.3) is 0 Å². The molecule has 1 amide bonds. The smallest absolute Gasteiger partial charge is 0.407 e. The van der Waals surface area contributed by atoms with Gasteiger partial charge in [-0.3, -0.25) is 4.79 Å². The lowest BCUT2D eigenvalue weighted by Gasteiger charge is -2.15. The number of pyridine rings is 1. The van der Waals surface area contributed by atoms with Crippen LogP contribution in [-0.2, 0) is 11.3 Å². The molecule has 1 aromatic heterocycles. The molecule has 5 nitrogen and oxygen atoms in total. The number of hydrogen-bond donors (Lipinski definition) is 1. The maximum Gasteiger partial charge on any atom is 0.407 e. The summed E-state index contributed by atoms with van der Waals surface area (Å²) in [6.45, 7) is 0.564. The van der Waals surface area contributed by atoms with Crippen LogP contribution < -0.4 is 5.32 Å². The quantitative estimate of drug-likeness (QED) is 0.258. The summed E-state index contributed by atoms with van der Waals surface area (Å²) in [7, 11) is 0. The number of aromatic nitrogens is 1. The van der Waals surface area contributed by atoms with Crippen molar-refractivity contribution < 1.29 is 14.3 Å². The molecule has 1 heterocycles. The van der Waals surface area contributed by atoms with Crippen LogP contribution in [0.2, 0.25) is 0 Å². The average molecular weight is 545 g/mol. The zero-order chi connectivity index (χ0) is 24.2. The maximum atomic E-state index is 12.6. The van der Waals surface area contributed by atoms with E-state index in [1.807, 2.05) is 48.5 Å². The van der Waals surface area contributed by atoms with Crippen LogP contribution >= 0.6 is 27.7 Å². The van der Waals surface area contributed by atoms with Crippen LogP contribution in [-0.4, -0.2) is 24.0 Å². The molecular formula is C28H21BrN2O3S. The first-order chi connectivity index (χ1) is 17.1. The van der Waals surface area contributed by atoms with Gasteiger partial charge in [-0.15, -0.1) is 0 Å². The van der Waals surface area contributed by atoms with E-state index in [1.54, 1.807) is 12.3 Å². The van der Waals surface area contributed by atoms with Crippen LogP contribution in [0.5, 0.6) is 0 Å². The van der Waals surface area contributed by atoms with Gasteiger partial charge >= 0.3 is 6.09 Å². The van der Waals surface area contributed by atoms with Gasteiger partial charge in [0.05, 0.1) is 0 Å². The Balaban J connectivity index is 1.24. The zero-order valence-electron chi connectivity index (χ0n) is 18.6. The van der Waals surface area contributed by atoms with E-state index in [2.05, 4.69) is 50.5 Å². The molecule has 3 aromatic carbocycles. The van der Waals surface area contributed by atoms with Crippen LogP contribution in [0.1, 0.15) is 33.0 Å². The van der Waals surface area contributed by atoms with Gasteiger partial charge in [0.1, 0.15) is 11.6 Å². The Kier molecular flexibility index (Phi) is 6.97. The molecule has 4 aromatic rings. The zero-order valence-corrected chi connectivity index (χ0v) is 21.0. The van der Waals surface area contributed by atoms with E-state index in [4.69, 9.17) is 4.74 Å². The number of halogens is 1. The second-order valence-corrected chi connectivity index (χ2v) is 10.0. The molecule has 0 aliphatic heterocycles. The Morgan fingerprint density at radius 2 is 1.66 bits per heavy atom. The molecule has 0 fully saturated rings. The second kappa shape index (κ2) is 10.5. The fourth-order valence-electron chi connectivity index (χ4n) is 4.28. The Hall–Kier alpha value is -3.42. The molecule has 0 spiro atoms. The Morgan fingerprint density at radius 3 is 2.37 bits per heavy atom. The van der Waals surface area contributed by atoms with E-state index in [0.29, 0.717) is 17.1 Å². The first-order valence-electron chi connectivity index (χ1n) is 11.1. The van der Waals surface area contributed by atoms with Crippen LogP contribution in [0, 0.1) is 0 Å². The molecule has 0 saturated heterocycles. The molecule has 5 rings (SSSR count). The summed E-state index contributed by atoms with van der Waals surface area (Å²) in [5, 5.41) is 3.47. The van der Waals surface area contributed by atoms with Crippen molar-refractivity contribution in [1.82, 2.24) is 10.3 Å². The number of nitrogens with one attached hydrogen (secondary N) is 1. The van der Waals surface area contributed by atoms with Crippen LogP contribution in [0.15, 0.2) is 99.5 Å². The summed E-state index contributed by atoms with van der Waals surface area (Å²) < 4.78 is 6.39. The summed E-state index contributed by atoms with van der Waals surface area (Å²) in [4.78, 5) is 29.3. The van der Waals surface area contributed by atoms with E-state index >= 15 is 0 Å². The van der Waals surface area contributed by atoms with Crippen molar-refractivity contribution in [2.24, 2.45) is 0 Å². The van der Waals surface area contributed by atoms with E-state index in [9.17, 15) is 9.59 Å². The normalized spacial score (nSPS) is 12.0. The van der Waals surface area contributed by atoms with Crippen molar-refractivity contribution in [2.45, 2.75) is 22.4 Å². The van der Waals surface area contributed by atoms with Crippen LogP contribution in [0.25, 0.3) is 11.1 Å². The highest BCUT2D eigenvalue weighted by Crippen LogP contribution is 2.44. The molecule has 0 saturated carbocycles.